The van der Waals surface area contributed by atoms with Gasteiger partial charge in [-0.15, -0.1) is 11.3 Å². The first kappa shape index (κ1) is 14.1. The minimum atomic E-state index is -0.189. The lowest BCUT2D eigenvalue weighted by Crippen LogP contribution is -2.51. The standard InChI is InChI=1S/C16H24N2OS/c1-2-16(8-4-9-17-11-16)15(19)18-13-5-3-6-14-12(13)7-10-20-14/h7,10,13,17H,2-6,8-9,11H2,1H3,(H,18,19). The molecule has 0 saturated carbocycles. The van der Waals surface area contributed by atoms with E-state index in [9.17, 15) is 4.79 Å². The zero-order valence-corrected chi connectivity index (χ0v) is 13.0. The molecule has 1 aromatic rings. The molecule has 1 aliphatic carbocycles. The monoisotopic (exact) mass is 292 g/mol. The Balaban J connectivity index is 1.73. The summed E-state index contributed by atoms with van der Waals surface area (Å²) in [5, 5.41) is 8.91. The molecular formula is C16H24N2OS. The van der Waals surface area contributed by atoms with Gasteiger partial charge in [0.15, 0.2) is 0 Å². The van der Waals surface area contributed by atoms with Crippen molar-refractivity contribution < 1.29 is 4.79 Å². The minimum Gasteiger partial charge on any atom is -0.349 e. The van der Waals surface area contributed by atoms with E-state index in [-0.39, 0.29) is 17.4 Å². The maximum Gasteiger partial charge on any atom is 0.227 e. The third-order valence-corrected chi connectivity index (χ3v) is 5.98. The van der Waals surface area contributed by atoms with Crippen molar-refractivity contribution in [1.29, 1.82) is 0 Å². The van der Waals surface area contributed by atoms with Crippen LogP contribution in [0.2, 0.25) is 0 Å². The lowest BCUT2D eigenvalue weighted by Gasteiger charge is -2.37. The number of carbonyl (C=O) groups is 1. The summed E-state index contributed by atoms with van der Waals surface area (Å²) in [7, 11) is 0. The van der Waals surface area contributed by atoms with E-state index < -0.39 is 0 Å². The van der Waals surface area contributed by atoms with E-state index in [0.29, 0.717) is 0 Å². The van der Waals surface area contributed by atoms with Gasteiger partial charge in [-0.3, -0.25) is 4.79 Å². The second kappa shape index (κ2) is 5.86. The highest BCUT2D eigenvalue weighted by molar-refractivity contribution is 7.10. The van der Waals surface area contributed by atoms with E-state index in [0.717, 1.165) is 38.8 Å². The van der Waals surface area contributed by atoms with Crippen molar-refractivity contribution in [2.24, 2.45) is 5.41 Å². The first-order chi connectivity index (χ1) is 9.75. The highest BCUT2D eigenvalue weighted by Crippen LogP contribution is 2.36. The van der Waals surface area contributed by atoms with Gasteiger partial charge < -0.3 is 10.6 Å². The zero-order chi connectivity index (χ0) is 14.0. The average Bonchev–Trinajstić information content (AvgIpc) is 2.97. The number of nitrogens with one attached hydrogen (secondary N) is 2. The Morgan fingerprint density at radius 3 is 3.20 bits per heavy atom. The third kappa shape index (κ3) is 2.51. The molecule has 20 heavy (non-hydrogen) atoms. The van der Waals surface area contributed by atoms with Crippen molar-refractivity contribution in [1.82, 2.24) is 10.6 Å². The molecule has 110 valence electrons. The van der Waals surface area contributed by atoms with Crippen molar-refractivity contribution in [2.45, 2.75) is 51.5 Å². The molecule has 1 aromatic heterocycles. The SMILES string of the molecule is CCC1(C(=O)NC2CCCc3sccc32)CCCNC1. The predicted molar refractivity (Wildman–Crippen MR) is 83.0 cm³/mol. The van der Waals surface area contributed by atoms with E-state index in [1.165, 1.54) is 23.3 Å². The molecule has 2 N–H and O–H groups in total. The lowest BCUT2D eigenvalue weighted by atomic mass is 9.77. The van der Waals surface area contributed by atoms with Crippen LogP contribution in [0.25, 0.3) is 0 Å². The van der Waals surface area contributed by atoms with Crippen LogP contribution in [0.4, 0.5) is 0 Å². The fraction of sp³-hybridized carbons (Fsp3) is 0.688. The second-order valence-corrected chi connectivity index (χ2v) is 7.13. The number of carbonyl (C=O) groups excluding carboxylic acids is 1. The number of hydrogen-bond acceptors (Lipinski definition) is 3. The second-order valence-electron chi connectivity index (χ2n) is 6.13. The maximum absolute atomic E-state index is 12.8. The van der Waals surface area contributed by atoms with Crippen LogP contribution in [-0.4, -0.2) is 19.0 Å². The Bertz CT molecular complexity index is 477. The molecule has 4 heteroatoms. The number of thiophene rings is 1. The van der Waals surface area contributed by atoms with E-state index in [1.807, 2.05) is 11.3 Å². The van der Waals surface area contributed by atoms with Crippen LogP contribution in [0.1, 0.15) is 55.5 Å². The van der Waals surface area contributed by atoms with Crippen LogP contribution in [0.5, 0.6) is 0 Å². The van der Waals surface area contributed by atoms with Crippen molar-refractivity contribution in [3.8, 4) is 0 Å². The molecule has 1 saturated heterocycles. The van der Waals surface area contributed by atoms with Gasteiger partial charge in [-0.05, 0) is 62.1 Å². The number of piperidine rings is 1. The smallest absolute Gasteiger partial charge is 0.227 e. The van der Waals surface area contributed by atoms with Crippen LogP contribution in [-0.2, 0) is 11.2 Å². The molecule has 2 aliphatic rings. The topological polar surface area (TPSA) is 41.1 Å². The summed E-state index contributed by atoms with van der Waals surface area (Å²) in [5.74, 6) is 0.260. The summed E-state index contributed by atoms with van der Waals surface area (Å²) in [5.41, 5.74) is 1.18. The average molecular weight is 292 g/mol. The van der Waals surface area contributed by atoms with Gasteiger partial charge in [-0.1, -0.05) is 6.92 Å². The van der Waals surface area contributed by atoms with Crippen LogP contribution >= 0.6 is 11.3 Å². The van der Waals surface area contributed by atoms with Crippen molar-refractivity contribution in [3.05, 3.63) is 21.9 Å². The van der Waals surface area contributed by atoms with Gasteiger partial charge in [-0.25, -0.2) is 0 Å². The summed E-state index contributed by atoms with van der Waals surface area (Å²) in [4.78, 5) is 14.3. The van der Waals surface area contributed by atoms with E-state index in [4.69, 9.17) is 0 Å². The van der Waals surface area contributed by atoms with E-state index >= 15 is 0 Å². The molecule has 0 spiro atoms. The molecule has 2 unspecified atom stereocenters. The highest BCUT2D eigenvalue weighted by Gasteiger charge is 2.39. The van der Waals surface area contributed by atoms with Gasteiger partial charge in [0.05, 0.1) is 11.5 Å². The Morgan fingerprint density at radius 2 is 2.45 bits per heavy atom. The first-order valence-corrected chi connectivity index (χ1v) is 8.71. The summed E-state index contributed by atoms with van der Waals surface area (Å²) in [6.07, 6.45) is 6.51. The fourth-order valence-electron chi connectivity index (χ4n) is 3.57. The maximum atomic E-state index is 12.8. The van der Waals surface area contributed by atoms with Crippen LogP contribution in [0, 0.1) is 5.41 Å². The number of fused-ring (bicyclic) bond motifs is 1. The van der Waals surface area contributed by atoms with Crippen molar-refractivity contribution in [2.75, 3.05) is 13.1 Å². The van der Waals surface area contributed by atoms with Gasteiger partial charge in [0.25, 0.3) is 0 Å². The molecule has 0 radical (unpaired) electrons. The largest absolute Gasteiger partial charge is 0.349 e. The summed E-state index contributed by atoms with van der Waals surface area (Å²) in [6.45, 7) is 4.02. The molecule has 2 heterocycles. The Hall–Kier alpha value is -0.870. The normalized spacial score (nSPS) is 29.8. The Kier molecular flexibility index (Phi) is 4.13. The molecule has 0 bridgehead atoms. The summed E-state index contributed by atoms with van der Waals surface area (Å²) in [6, 6.07) is 2.44. The molecule has 1 aliphatic heterocycles. The lowest BCUT2D eigenvalue weighted by molar-refractivity contribution is -0.133. The molecule has 3 nitrogen and oxygen atoms in total. The van der Waals surface area contributed by atoms with Crippen LogP contribution < -0.4 is 10.6 Å². The molecule has 1 fully saturated rings. The zero-order valence-electron chi connectivity index (χ0n) is 12.2. The van der Waals surface area contributed by atoms with Crippen LogP contribution in [0.15, 0.2) is 11.4 Å². The molecule has 1 amide bonds. The van der Waals surface area contributed by atoms with Gasteiger partial charge in [0.1, 0.15) is 0 Å². The van der Waals surface area contributed by atoms with E-state index in [2.05, 4.69) is 29.0 Å². The Morgan fingerprint density at radius 1 is 1.55 bits per heavy atom. The molecular weight excluding hydrogens is 268 g/mol. The summed E-state index contributed by atoms with van der Waals surface area (Å²) < 4.78 is 0. The summed E-state index contributed by atoms with van der Waals surface area (Å²) >= 11 is 1.83. The van der Waals surface area contributed by atoms with Gasteiger partial charge in [0.2, 0.25) is 5.91 Å². The predicted octanol–water partition coefficient (Wildman–Crippen LogP) is 3.02. The number of rotatable bonds is 3. The van der Waals surface area contributed by atoms with Crippen molar-refractivity contribution in [3.63, 3.8) is 0 Å². The molecule has 0 aromatic carbocycles. The van der Waals surface area contributed by atoms with Crippen LogP contribution in [0.3, 0.4) is 0 Å². The van der Waals surface area contributed by atoms with Gasteiger partial charge in [0, 0.05) is 11.4 Å². The molecule has 2 atom stereocenters. The van der Waals surface area contributed by atoms with Crippen molar-refractivity contribution >= 4 is 17.2 Å². The highest BCUT2D eigenvalue weighted by atomic mass is 32.1. The number of aryl methyl sites for hydroxylation is 1. The molecule has 3 rings (SSSR count). The quantitative estimate of drug-likeness (QED) is 0.899. The fourth-order valence-corrected chi connectivity index (χ4v) is 4.56. The number of amides is 1. The minimum absolute atomic E-state index is 0.189. The van der Waals surface area contributed by atoms with Gasteiger partial charge in [-0.2, -0.15) is 0 Å². The van der Waals surface area contributed by atoms with Gasteiger partial charge >= 0.3 is 0 Å². The van der Waals surface area contributed by atoms with E-state index in [1.54, 1.807) is 0 Å². The first-order valence-electron chi connectivity index (χ1n) is 7.83. The Labute approximate surface area is 125 Å². The number of hydrogen-bond donors (Lipinski definition) is 2. The third-order valence-electron chi connectivity index (χ3n) is 4.99.